The normalized spacial score (nSPS) is 11.9. The molecule has 0 aliphatic carbocycles. The number of rotatable bonds is 6. The van der Waals surface area contributed by atoms with Crippen molar-refractivity contribution in [2.24, 2.45) is 0 Å². The van der Waals surface area contributed by atoms with E-state index in [0.29, 0.717) is 18.9 Å². The summed E-state index contributed by atoms with van der Waals surface area (Å²) in [4.78, 5) is 15.8. The van der Waals surface area contributed by atoms with Gasteiger partial charge in [-0.3, -0.25) is 9.89 Å². The Bertz CT molecular complexity index is 554. The van der Waals surface area contributed by atoms with E-state index < -0.39 is 0 Å². The van der Waals surface area contributed by atoms with Gasteiger partial charge in [-0.15, -0.1) is 0 Å². The first-order chi connectivity index (χ1) is 9.66. The summed E-state index contributed by atoms with van der Waals surface area (Å²) in [5.41, 5.74) is 1.06. The van der Waals surface area contributed by atoms with Gasteiger partial charge in [0.25, 0.3) is 0 Å². The molecule has 1 atom stereocenters. The number of amides is 1. The van der Waals surface area contributed by atoms with Gasteiger partial charge in [-0.2, -0.15) is 5.10 Å². The zero-order chi connectivity index (χ0) is 14.4. The fraction of sp³-hybridized carbons (Fsp3) is 0.357. The van der Waals surface area contributed by atoms with E-state index in [1.54, 1.807) is 0 Å². The standard InChI is InChI=1S/C14H18N4O2/c1-10-5-3-4-6-12(10)20-8-7-13(19)17-11(2)14-15-9-16-18-14/h3-6,9,11H,7-8H2,1-2H3,(H,17,19)(H,15,16,18). The van der Waals surface area contributed by atoms with Crippen LogP contribution in [0.15, 0.2) is 30.6 Å². The molecule has 2 N–H and O–H groups in total. The second-order valence-electron chi connectivity index (χ2n) is 4.52. The van der Waals surface area contributed by atoms with Crippen molar-refractivity contribution in [3.8, 4) is 5.75 Å². The molecule has 0 fully saturated rings. The van der Waals surface area contributed by atoms with Gasteiger partial charge in [-0.1, -0.05) is 18.2 Å². The predicted molar refractivity (Wildman–Crippen MR) is 74.2 cm³/mol. The highest BCUT2D eigenvalue weighted by Crippen LogP contribution is 2.16. The second kappa shape index (κ2) is 6.70. The zero-order valence-electron chi connectivity index (χ0n) is 11.6. The van der Waals surface area contributed by atoms with Gasteiger partial charge in [0.1, 0.15) is 17.9 Å². The third-order valence-corrected chi connectivity index (χ3v) is 2.90. The van der Waals surface area contributed by atoms with Crippen LogP contribution in [0.5, 0.6) is 5.75 Å². The van der Waals surface area contributed by atoms with Crippen LogP contribution in [0.4, 0.5) is 0 Å². The summed E-state index contributed by atoms with van der Waals surface area (Å²) in [5.74, 6) is 1.37. The minimum atomic E-state index is -0.191. The molecule has 0 aliphatic rings. The Kier molecular flexibility index (Phi) is 4.70. The Balaban J connectivity index is 1.74. The second-order valence-corrected chi connectivity index (χ2v) is 4.52. The molecule has 1 amide bonds. The molecule has 1 heterocycles. The van der Waals surface area contributed by atoms with Gasteiger partial charge >= 0.3 is 0 Å². The highest BCUT2D eigenvalue weighted by molar-refractivity contribution is 5.76. The van der Waals surface area contributed by atoms with Gasteiger partial charge in [-0.05, 0) is 25.5 Å². The molecule has 0 radical (unpaired) electrons. The van der Waals surface area contributed by atoms with Crippen LogP contribution in [0.1, 0.15) is 30.8 Å². The lowest BCUT2D eigenvalue weighted by Gasteiger charge is -2.12. The summed E-state index contributed by atoms with van der Waals surface area (Å²) in [6.45, 7) is 4.17. The molecule has 0 saturated heterocycles. The van der Waals surface area contributed by atoms with Crippen molar-refractivity contribution in [1.29, 1.82) is 0 Å². The van der Waals surface area contributed by atoms with Gasteiger partial charge < -0.3 is 10.1 Å². The number of carbonyl (C=O) groups excluding carboxylic acids is 1. The maximum Gasteiger partial charge on any atom is 0.224 e. The lowest BCUT2D eigenvalue weighted by Crippen LogP contribution is -2.28. The number of nitrogens with zero attached hydrogens (tertiary/aromatic N) is 2. The third kappa shape index (κ3) is 3.81. The number of ether oxygens (including phenoxy) is 1. The number of nitrogens with one attached hydrogen (secondary N) is 2. The van der Waals surface area contributed by atoms with E-state index in [9.17, 15) is 4.79 Å². The number of hydrogen-bond acceptors (Lipinski definition) is 4. The lowest BCUT2D eigenvalue weighted by atomic mass is 10.2. The highest BCUT2D eigenvalue weighted by Gasteiger charge is 2.11. The van der Waals surface area contributed by atoms with Crippen molar-refractivity contribution in [1.82, 2.24) is 20.5 Å². The Labute approximate surface area is 117 Å². The SMILES string of the molecule is Cc1ccccc1OCCC(=O)NC(C)c1ncn[nH]1. The maximum absolute atomic E-state index is 11.8. The van der Waals surface area contributed by atoms with Crippen molar-refractivity contribution in [3.05, 3.63) is 42.0 Å². The first kappa shape index (κ1) is 14.0. The quantitative estimate of drug-likeness (QED) is 0.841. The molecule has 0 saturated carbocycles. The summed E-state index contributed by atoms with van der Waals surface area (Å²) < 4.78 is 5.58. The smallest absolute Gasteiger partial charge is 0.224 e. The summed E-state index contributed by atoms with van der Waals surface area (Å²) in [6.07, 6.45) is 1.71. The molecular formula is C14H18N4O2. The molecule has 0 spiro atoms. The molecule has 0 aliphatic heterocycles. The van der Waals surface area contributed by atoms with Crippen LogP contribution in [0, 0.1) is 6.92 Å². The van der Waals surface area contributed by atoms with Crippen LogP contribution < -0.4 is 10.1 Å². The number of para-hydroxylation sites is 1. The average molecular weight is 274 g/mol. The number of benzene rings is 1. The number of aromatic nitrogens is 3. The van der Waals surface area contributed by atoms with Gasteiger partial charge in [0.05, 0.1) is 19.1 Å². The van der Waals surface area contributed by atoms with Crippen LogP contribution in [0.25, 0.3) is 0 Å². The van der Waals surface area contributed by atoms with E-state index in [1.807, 2.05) is 38.1 Å². The molecule has 2 aromatic rings. The molecule has 1 aromatic heterocycles. The Hall–Kier alpha value is -2.37. The molecular weight excluding hydrogens is 256 g/mol. The predicted octanol–water partition coefficient (Wildman–Crippen LogP) is 1.76. The van der Waals surface area contributed by atoms with Gasteiger partial charge in [0.2, 0.25) is 5.91 Å². The summed E-state index contributed by atoms with van der Waals surface area (Å²) in [7, 11) is 0. The fourth-order valence-corrected chi connectivity index (χ4v) is 1.78. The molecule has 106 valence electrons. The molecule has 6 heteroatoms. The molecule has 0 bridgehead atoms. The summed E-state index contributed by atoms with van der Waals surface area (Å²) in [5, 5.41) is 9.31. The number of aromatic amines is 1. The van der Waals surface area contributed by atoms with Crippen molar-refractivity contribution in [2.45, 2.75) is 26.3 Å². The van der Waals surface area contributed by atoms with E-state index in [4.69, 9.17) is 4.74 Å². The number of H-pyrrole nitrogens is 1. The third-order valence-electron chi connectivity index (χ3n) is 2.90. The fourth-order valence-electron chi connectivity index (χ4n) is 1.78. The molecule has 1 aromatic carbocycles. The summed E-state index contributed by atoms with van der Waals surface area (Å²) >= 11 is 0. The van der Waals surface area contributed by atoms with Crippen LogP contribution in [0.3, 0.4) is 0 Å². The van der Waals surface area contributed by atoms with E-state index in [-0.39, 0.29) is 11.9 Å². The van der Waals surface area contributed by atoms with Crippen LogP contribution in [-0.4, -0.2) is 27.7 Å². The topological polar surface area (TPSA) is 79.9 Å². The van der Waals surface area contributed by atoms with Crippen LogP contribution >= 0.6 is 0 Å². The Morgan fingerprint density at radius 3 is 2.95 bits per heavy atom. The maximum atomic E-state index is 11.8. The molecule has 20 heavy (non-hydrogen) atoms. The van der Waals surface area contributed by atoms with Crippen molar-refractivity contribution in [2.75, 3.05) is 6.61 Å². The van der Waals surface area contributed by atoms with Gasteiger partial charge in [-0.25, -0.2) is 4.98 Å². The Morgan fingerprint density at radius 1 is 1.45 bits per heavy atom. The highest BCUT2D eigenvalue weighted by atomic mass is 16.5. The molecule has 1 unspecified atom stereocenters. The van der Waals surface area contributed by atoms with Crippen LogP contribution in [0.2, 0.25) is 0 Å². The minimum absolute atomic E-state index is 0.0810. The average Bonchev–Trinajstić information content (AvgIpc) is 2.95. The first-order valence-corrected chi connectivity index (χ1v) is 6.50. The largest absolute Gasteiger partial charge is 0.493 e. The van der Waals surface area contributed by atoms with E-state index >= 15 is 0 Å². The van der Waals surface area contributed by atoms with Crippen molar-refractivity contribution < 1.29 is 9.53 Å². The van der Waals surface area contributed by atoms with E-state index in [2.05, 4.69) is 20.5 Å². The first-order valence-electron chi connectivity index (χ1n) is 6.50. The minimum Gasteiger partial charge on any atom is -0.493 e. The van der Waals surface area contributed by atoms with Crippen LogP contribution in [-0.2, 0) is 4.79 Å². The number of carbonyl (C=O) groups is 1. The van der Waals surface area contributed by atoms with Gasteiger partial charge in [0, 0.05) is 0 Å². The van der Waals surface area contributed by atoms with E-state index in [0.717, 1.165) is 11.3 Å². The lowest BCUT2D eigenvalue weighted by molar-refractivity contribution is -0.122. The van der Waals surface area contributed by atoms with Gasteiger partial charge in [0.15, 0.2) is 0 Å². The van der Waals surface area contributed by atoms with E-state index in [1.165, 1.54) is 6.33 Å². The van der Waals surface area contributed by atoms with Crippen molar-refractivity contribution in [3.63, 3.8) is 0 Å². The van der Waals surface area contributed by atoms with Crippen molar-refractivity contribution >= 4 is 5.91 Å². The number of hydrogen-bond donors (Lipinski definition) is 2. The zero-order valence-corrected chi connectivity index (χ0v) is 11.6. The molecule has 6 nitrogen and oxygen atoms in total. The monoisotopic (exact) mass is 274 g/mol. The molecule has 2 rings (SSSR count). The number of aryl methyl sites for hydroxylation is 1. The summed E-state index contributed by atoms with van der Waals surface area (Å²) in [6, 6.07) is 7.54. The Morgan fingerprint density at radius 2 is 2.25 bits per heavy atom.